The van der Waals surface area contributed by atoms with Crippen LogP contribution in [0.25, 0.3) is 0 Å². The summed E-state index contributed by atoms with van der Waals surface area (Å²) in [4.78, 5) is 0. The Bertz CT molecular complexity index is 247. The standard InChI is InChI=1S/C7H7O.2C2H5O.Zr/c8-6-7-4-2-1-3-5-7;2*1-2-3;/h1-5H,6H2;2*2H2,1H3;/q3*-1;+3. The van der Waals surface area contributed by atoms with Crippen LogP contribution >= 0.6 is 0 Å². The third-order valence-electron chi connectivity index (χ3n) is 1.72. The molecule has 0 saturated heterocycles. The van der Waals surface area contributed by atoms with Crippen LogP contribution in [0.15, 0.2) is 30.3 Å². The van der Waals surface area contributed by atoms with Crippen LogP contribution in [0, 0.1) is 0 Å². The summed E-state index contributed by atoms with van der Waals surface area (Å²) in [6.07, 6.45) is 0. The quantitative estimate of drug-likeness (QED) is 0.772. The van der Waals surface area contributed by atoms with Gasteiger partial charge in [-0.15, -0.1) is 0 Å². The summed E-state index contributed by atoms with van der Waals surface area (Å²) >= 11 is -2.46. The van der Waals surface area contributed by atoms with E-state index in [2.05, 4.69) is 0 Å². The van der Waals surface area contributed by atoms with Gasteiger partial charge in [-0.3, -0.25) is 0 Å². The van der Waals surface area contributed by atoms with Crippen molar-refractivity contribution >= 4 is 0 Å². The molecule has 0 fully saturated rings. The van der Waals surface area contributed by atoms with Crippen molar-refractivity contribution in [2.24, 2.45) is 0 Å². The van der Waals surface area contributed by atoms with Crippen LogP contribution in [0.4, 0.5) is 0 Å². The van der Waals surface area contributed by atoms with Gasteiger partial charge in [0.1, 0.15) is 0 Å². The molecule has 0 aliphatic heterocycles. The molecule has 0 bridgehead atoms. The summed E-state index contributed by atoms with van der Waals surface area (Å²) in [6, 6.07) is 10.1. The Balaban J connectivity index is 2.33. The molecule has 1 aromatic rings. The van der Waals surface area contributed by atoms with Crippen LogP contribution in [0.1, 0.15) is 19.4 Å². The third-order valence-corrected chi connectivity index (χ3v) is 5.24. The minimum absolute atomic E-state index is 0.593. The fourth-order valence-electron chi connectivity index (χ4n) is 1.08. The van der Waals surface area contributed by atoms with E-state index in [4.69, 9.17) is 8.44 Å². The maximum absolute atomic E-state index is 5.66. The SMILES string of the molecule is CC[O][Zr]([O]CC)[O]Cc1ccccc1. The van der Waals surface area contributed by atoms with E-state index in [1.54, 1.807) is 0 Å². The third kappa shape index (κ3) is 5.57. The van der Waals surface area contributed by atoms with Crippen LogP contribution < -0.4 is 0 Å². The number of benzene rings is 1. The van der Waals surface area contributed by atoms with E-state index in [0.717, 1.165) is 5.56 Å². The Hall–Kier alpha value is -0.0169. The van der Waals surface area contributed by atoms with Gasteiger partial charge in [-0.1, -0.05) is 0 Å². The maximum atomic E-state index is 5.66. The molecule has 3 nitrogen and oxygen atoms in total. The normalized spacial score (nSPS) is 10.3. The van der Waals surface area contributed by atoms with Gasteiger partial charge < -0.3 is 0 Å². The molecule has 0 aliphatic carbocycles. The van der Waals surface area contributed by atoms with Crippen LogP contribution in [0.3, 0.4) is 0 Å². The van der Waals surface area contributed by atoms with Crippen LogP contribution in [-0.2, 0) is 38.1 Å². The van der Waals surface area contributed by atoms with E-state index in [-0.39, 0.29) is 0 Å². The number of hydrogen-bond acceptors (Lipinski definition) is 3. The van der Waals surface area contributed by atoms with E-state index < -0.39 is 23.1 Å². The fourth-order valence-corrected chi connectivity index (χ4v) is 3.55. The molecule has 0 radical (unpaired) electrons. The first-order chi connectivity index (χ1) is 7.36. The molecule has 0 spiro atoms. The molecule has 0 aliphatic rings. The van der Waals surface area contributed by atoms with Crippen molar-refractivity contribution in [3.63, 3.8) is 0 Å². The van der Waals surface area contributed by atoms with Crippen molar-refractivity contribution in [3.8, 4) is 0 Å². The molecule has 0 atom stereocenters. The van der Waals surface area contributed by atoms with E-state index in [1.165, 1.54) is 0 Å². The second kappa shape index (κ2) is 8.17. The predicted octanol–water partition coefficient (Wildman–Crippen LogP) is 2.64. The molecule has 0 N–H and O–H groups in total. The molecule has 0 unspecified atom stereocenters. The van der Waals surface area contributed by atoms with Gasteiger partial charge in [0.25, 0.3) is 0 Å². The van der Waals surface area contributed by atoms with Crippen molar-refractivity contribution in [1.82, 2.24) is 0 Å². The monoisotopic (exact) mass is 287 g/mol. The Labute approximate surface area is 101 Å². The Morgan fingerprint density at radius 2 is 1.53 bits per heavy atom. The average molecular weight is 288 g/mol. The Morgan fingerprint density at radius 1 is 0.933 bits per heavy atom. The topological polar surface area (TPSA) is 27.7 Å². The molecule has 0 heterocycles. The molecule has 0 aromatic heterocycles. The first-order valence-electron chi connectivity index (χ1n) is 5.16. The zero-order chi connectivity index (χ0) is 10.9. The van der Waals surface area contributed by atoms with Gasteiger partial charge in [-0.25, -0.2) is 0 Å². The number of rotatable bonds is 7. The molecule has 4 heteroatoms. The van der Waals surface area contributed by atoms with Gasteiger partial charge in [0, 0.05) is 0 Å². The van der Waals surface area contributed by atoms with Gasteiger partial charge >= 0.3 is 101 Å². The van der Waals surface area contributed by atoms with Crippen LogP contribution in [-0.4, -0.2) is 13.2 Å². The summed E-state index contributed by atoms with van der Waals surface area (Å²) in [5, 5.41) is 0. The zero-order valence-corrected chi connectivity index (χ0v) is 11.7. The number of hydrogen-bond donors (Lipinski definition) is 0. The van der Waals surface area contributed by atoms with Crippen molar-refractivity contribution in [2.45, 2.75) is 20.5 Å². The fraction of sp³-hybridized carbons (Fsp3) is 0.455. The molecule has 1 aromatic carbocycles. The van der Waals surface area contributed by atoms with E-state index in [0.29, 0.717) is 19.8 Å². The second-order valence-electron chi connectivity index (χ2n) is 2.89. The van der Waals surface area contributed by atoms with E-state index in [1.807, 2.05) is 44.2 Å². The van der Waals surface area contributed by atoms with Gasteiger partial charge in [0.05, 0.1) is 0 Å². The van der Waals surface area contributed by atoms with Crippen LogP contribution in [0.2, 0.25) is 0 Å². The Morgan fingerprint density at radius 3 is 2.07 bits per heavy atom. The summed E-state index contributed by atoms with van der Waals surface area (Å²) in [5.74, 6) is 0. The van der Waals surface area contributed by atoms with Gasteiger partial charge in [-0.2, -0.15) is 0 Å². The first-order valence-corrected chi connectivity index (χ1v) is 8.17. The summed E-state index contributed by atoms with van der Waals surface area (Å²) in [7, 11) is 0. The van der Waals surface area contributed by atoms with E-state index in [9.17, 15) is 0 Å². The molecular formula is C11H17O3Zr. The predicted molar refractivity (Wildman–Crippen MR) is 54.5 cm³/mol. The van der Waals surface area contributed by atoms with Gasteiger partial charge in [0.2, 0.25) is 0 Å². The van der Waals surface area contributed by atoms with Crippen molar-refractivity contribution in [2.75, 3.05) is 13.2 Å². The average Bonchev–Trinajstić information content (AvgIpc) is 2.28. The molecule has 15 heavy (non-hydrogen) atoms. The van der Waals surface area contributed by atoms with Crippen molar-refractivity contribution in [1.29, 1.82) is 0 Å². The summed E-state index contributed by atoms with van der Waals surface area (Å²) in [6.45, 7) is 5.86. The summed E-state index contributed by atoms with van der Waals surface area (Å²) < 4.78 is 16.6. The van der Waals surface area contributed by atoms with Crippen LogP contribution in [0.5, 0.6) is 0 Å². The van der Waals surface area contributed by atoms with Gasteiger partial charge in [-0.05, 0) is 0 Å². The Kier molecular flexibility index (Phi) is 7.11. The van der Waals surface area contributed by atoms with Crippen molar-refractivity contribution in [3.05, 3.63) is 35.9 Å². The molecule has 0 amide bonds. The van der Waals surface area contributed by atoms with Crippen molar-refractivity contribution < 1.29 is 31.5 Å². The molecule has 1 rings (SSSR count). The van der Waals surface area contributed by atoms with Gasteiger partial charge in [0.15, 0.2) is 0 Å². The molecule has 0 saturated carbocycles. The minimum atomic E-state index is -2.46. The zero-order valence-electron chi connectivity index (χ0n) is 9.23. The summed E-state index contributed by atoms with van der Waals surface area (Å²) in [5.41, 5.74) is 1.16. The second-order valence-corrected chi connectivity index (χ2v) is 6.25. The first kappa shape index (κ1) is 13.0. The van der Waals surface area contributed by atoms with E-state index >= 15 is 0 Å². The molecular weight excluding hydrogens is 271 g/mol. The molecule has 83 valence electrons.